The summed E-state index contributed by atoms with van der Waals surface area (Å²) in [5, 5.41) is 4.56. The normalized spacial score (nSPS) is 15.1. The minimum absolute atomic E-state index is 0.0839. The molecule has 1 aromatic heterocycles. The summed E-state index contributed by atoms with van der Waals surface area (Å²) in [5.41, 5.74) is 2.09. The van der Waals surface area contributed by atoms with E-state index in [1.807, 2.05) is 0 Å². The molecule has 1 saturated heterocycles. The number of carbonyl (C=O) groups is 1. The van der Waals surface area contributed by atoms with Crippen LogP contribution in [0, 0.1) is 12.7 Å². The summed E-state index contributed by atoms with van der Waals surface area (Å²) in [4.78, 5) is 16.6. The van der Waals surface area contributed by atoms with E-state index in [1.165, 1.54) is 16.8 Å². The Balaban J connectivity index is 1.69. The van der Waals surface area contributed by atoms with E-state index in [0.29, 0.717) is 42.6 Å². The summed E-state index contributed by atoms with van der Waals surface area (Å²) in [6.45, 7) is 4.39. The van der Waals surface area contributed by atoms with Crippen molar-refractivity contribution in [3.8, 4) is 0 Å². The topological polar surface area (TPSA) is 41.4 Å². The number of hydrogen-bond donors (Lipinski definition) is 0. The molecular weight excluding hydrogens is 319 g/mol. The Morgan fingerprint density at radius 1 is 1.17 bits per heavy atom. The van der Waals surface area contributed by atoms with Crippen molar-refractivity contribution in [2.24, 2.45) is 7.05 Å². The van der Waals surface area contributed by atoms with Gasteiger partial charge in [0.1, 0.15) is 11.0 Å². The first kappa shape index (κ1) is 15.8. The van der Waals surface area contributed by atoms with Crippen molar-refractivity contribution in [2.75, 3.05) is 31.1 Å². The fraction of sp³-hybridized carbons (Fsp3) is 0.375. The van der Waals surface area contributed by atoms with Crippen molar-refractivity contribution in [3.63, 3.8) is 0 Å². The Kier molecular flexibility index (Phi) is 4.26. The summed E-state index contributed by atoms with van der Waals surface area (Å²) < 4.78 is 14.5. The van der Waals surface area contributed by atoms with Crippen LogP contribution >= 0.6 is 11.6 Å². The Labute approximate surface area is 139 Å². The Bertz CT molecular complexity index is 720. The van der Waals surface area contributed by atoms with E-state index in [2.05, 4.69) is 10.00 Å². The molecule has 23 heavy (non-hydrogen) atoms. The number of nitrogens with zero attached hydrogens (tertiary/aromatic N) is 4. The molecule has 1 aromatic carbocycles. The van der Waals surface area contributed by atoms with Crippen LogP contribution in [0.15, 0.2) is 24.3 Å². The van der Waals surface area contributed by atoms with Gasteiger partial charge in [0.2, 0.25) is 0 Å². The van der Waals surface area contributed by atoms with Crippen LogP contribution in [0.25, 0.3) is 0 Å². The van der Waals surface area contributed by atoms with Gasteiger partial charge in [-0.15, -0.1) is 0 Å². The van der Waals surface area contributed by atoms with Gasteiger partial charge in [0.15, 0.2) is 0 Å². The molecule has 1 fully saturated rings. The van der Waals surface area contributed by atoms with Gasteiger partial charge in [-0.05, 0) is 31.2 Å². The summed E-state index contributed by atoms with van der Waals surface area (Å²) in [5.74, 6) is -0.330. The smallest absolute Gasteiger partial charge is 0.259 e. The molecule has 0 spiro atoms. The lowest BCUT2D eigenvalue weighted by atomic mass is 10.2. The molecule has 0 N–H and O–H groups in total. The van der Waals surface area contributed by atoms with Crippen LogP contribution in [0.3, 0.4) is 0 Å². The van der Waals surface area contributed by atoms with Gasteiger partial charge in [0.05, 0.1) is 11.3 Å². The molecule has 5 nitrogen and oxygen atoms in total. The van der Waals surface area contributed by atoms with Gasteiger partial charge < -0.3 is 9.80 Å². The third kappa shape index (κ3) is 3.03. The molecule has 2 heterocycles. The van der Waals surface area contributed by atoms with E-state index < -0.39 is 0 Å². The van der Waals surface area contributed by atoms with Crippen LogP contribution in [0.4, 0.5) is 10.1 Å². The average molecular weight is 337 g/mol. The van der Waals surface area contributed by atoms with Gasteiger partial charge in [0, 0.05) is 38.9 Å². The molecule has 122 valence electrons. The fourth-order valence-electron chi connectivity index (χ4n) is 2.85. The number of aryl methyl sites for hydroxylation is 2. The summed E-state index contributed by atoms with van der Waals surface area (Å²) in [6.07, 6.45) is 0. The SMILES string of the molecule is Cc1nn(C)c(Cl)c1C(=O)N1CCN(c2ccc(F)cc2)CC1. The van der Waals surface area contributed by atoms with Crippen molar-refractivity contribution in [1.82, 2.24) is 14.7 Å². The number of piperazine rings is 1. The predicted molar refractivity (Wildman–Crippen MR) is 87.5 cm³/mol. The first-order chi connectivity index (χ1) is 11.0. The molecule has 0 aliphatic carbocycles. The summed E-state index contributed by atoms with van der Waals surface area (Å²) >= 11 is 6.17. The van der Waals surface area contributed by atoms with Crippen molar-refractivity contribution in [1.29, 1.82) is 0 Å². The zero-order chi connectivity index (χ0) is 16.6. The van der Waals surface area contributed by atoms with Crippen molar-refractivity contribution < 1.29 is 9.18 Å². The maximum Gasteiger partial charge on any atom is 0.259 e. The molecule has 0 atom stereocenters. The molecule has 1 aliphatic heterocycles. The molecule has 0 unspecified atom stereocenters. The predicted octanol–water partition coefficient (Wildman–Crippen LogP) is 2.48. The first-order valence-corrected chi connectivity index (χ1v) is 7.84. The highest BCUT2D eigenvalue weighted by Crippen LogP contribution is 2.22. The molecule has 0 saturated carbocycles. The lowest BCUT2D eigenvalue weighted by Gasteiger charge is -2.36. The molecule has 0 radical (unpaired) electrons. The molecular formula is C16H18ClFN4O. The maximum atomic E-state index is 13.0. The molecule has 7 heteroatoms. The van der Waals surface area contributed by atoms with Gasteiger partial charge >= 0.3 is 0 Å². The number of halogens is 2. The van der Waals surface area contributed by atoms with Gasteiger partial charge in [-0.25, -0.2) is 4.39 Å². The van der Waals surface area contributed by atoms with E-state index in [-0.39, 0.29) is 11.7 Å². The van der Waals surface area contributed by atoms with E-state index in [9.17, 15) is 9.18 Å². The largest absolute Gasteiger partial charge is 0.368 e. The first-order valence-electron chi connectivity index (χ1n) is 7.46. The minimum Gasteiger partial charge on any atom is -0.368 e. The van der Waals surface area contributed by atoms with Gasteiger partial charge in [-0.1, -0.05) is 11.6 Å². The van der Waals surface area contributed by atoms with Crippen molar-refractivity contribution >= 4 is 23.2 Å². The molecule has 3 rings (SSSR count). The van der Waals surface area contributed by atoms with Crippen LogP contribution in [-0.4, -0.2) is 46.8 Å². The number of anilines is 1. The molecule has 0 bridgehead atoms. The second-order valence-corrected chi connectivity index (χ2v) is 5.99. The highest BCUT2D eigenvalue weighted by molar-refractivity contribution is 6.33. The molecule has 2 aromatic rings. The Hall–Kier alpha value is -2.08. The number of benzene rings is 1. The van der Waals surface area contributed by atoms with Crippen molar-refractivity contribution in [2.45, 2.75) is 6.92 Å². The third-order valence-electron chi connectivity index (χ3n) is 4.12. The zero-order valence-corrected chi connectivity index (χ0v) is 13.8. The highest BCUT2D eigenvalue weighted by Gasteiger charge is 2.27. The third-order valence-corrected chi connectivity index (χ3v) is 4.56. The standard InChI is InChI=1S/C16H18ClFN4O/c1-11-14(15(17)20(2)19-11)16(23)22-9-7-21(8-10-22)13-5-3-12(18)4-6-13/h3-6H,7-10H2,1-2H3. The summed E-state index contributed by atoms with van der Waals surface area (Å²) in [7, 11) is 1.72. The lowest BCUT2D eigenvalue weighted by molar-refractivity contribution is 0.0746. The van der Waals surface area contributed by atoms with Crippen LogP contribution in [0.2, 0.25) is 5.15 Å². The Morgan fingerprint density at radius 3 is 2.30 bits per heavy atom. The highest BCUT2D eigenvalue weighted by atomic mass is 35.5. The van der Waals surface area contributed by atoms with E-state index in [4.69, 9.17) is 11.6 Å². The van der Waals surface area contributed by atoms with Gasteiger partial charge in [-0.3, -0.25) is 9.48 Å². The van der Waals surface area contributed by atoms with Gasteiger partial charge in [-0.2, -0.15) is 5.10 Å². The maximum absolute atomic E-state index is 13.0. The Morgan fingerprint density at radius 2 is 1.78 bits per heavy atom. The number of hydrogen-bond acceptors (Lipinski definition) is 3. The number of aromatic nitrogens is 2. The van der Waals surface area contributed by atoms with Crippen molar-refractivity contribution in [3.05, 3.63) is 46.5 Å². The second-order valence-electron chi connectivity index (χ2n) is 5.63. The quantitative estimate of drug-likeness (QED) is 0.846. The lowest BCUT2D eigenvalue weighted by Crippen LogP contribution is -2.49. The summed E-state index contributed by atoms with van der Waals surface area (Å²) in [6, 6.07) is 6.42. The second kappa shape index (κ2) is 6.20. The average Bonchev–Trinajstić information content (AvgIpc) is 2.80. The monoisotopic (exact) mass is 336 g/mol. The zero-order valence-electron chi connectivity index (χ0n) is 13.1. The van der Waals surface area contributed by atoms with Crippen LogP contribution in [0.5, 0.6) is 0 Å². The van der Waals surface area contributed by atoms with E-state index in [0.717, 1.165) is 5.69 Å². The number of amides is 1. The van der Waals surface area contributed by atoms with E-state index in [1.54, 1.807) is 31.0 Å². The number of rotatable bonds is 2. The number of carbonyl (C=O) groups excluding carboxylic acids is 1. The van der Waals surface area contributed by atoms with Crippen LogP contribution in [-0.2, 0) is 7.05 Å². The minimum atomic E-state index is -0.246. The molecule has 1 aliphatic rings. The van der Waals surface area contributed by atoms with E-state index >= 15 is 0 Å². The molecule has 1 amide bonds. The van der Waals surface area contributed by atoms with Crippen LogP contribution in [0.1, 0.15) is 16.1 Å². The fourth-order valence-corrected chi connectivity index (χ4v) is 3.11. The van der Waals surface area contributed by atoms with Crippen LogP contribution < -0.4 is 4.90 Å². The van der Waals surface area contributed by atoms with Gasteiger partial charge in [0.25, 0.3) is 5.91 Å².